The number of amides is 1. The van der Waals surface area contributed by atoms with Crippen LogP contribution < -0.4 is 15.2 Å². The van der Waals surface area contributed by atoms with Crippen molar-refractivity contribution in [3.05, 3.63) is 0 Å². The first-order valence-electron chi connectivity index (χ1n) is 9.20. The highest BCUT2D eigenvalue weighted by Crippen LogP contribution is 2.28. The van der Waals surface area contributed by atoms with Gasteiger partial charge >= 0.3 is 12.1 Å². The predicted octanol–water partition coefficient (Wildman–Crippen LogP) is 1.22. The minimum atomic E-state index is -0.853. The van der Waals surface area contributed by atoms with E-state index in [1.165, 1.54) is 4.90 Å². The molecule has 1 fully saturated rings. The summed E-state index contributed by atoms with van der Waals surface area (Å²) in [6.07, 6.45) is 1.68. The van der Waals surface area contributed by atoms with E-state index in [2.05, 4.69) is 15.0 Å². The normalized spacial score (nSPS) is 15.1. The number of likely N-dealkylation sites (tertiary alicyclic amines) is 1. The summed E-state index contributed by atoms with van der Waals surface area (Å²) in [6.45, 7) is 2.49. The van der Waals surface area contributed by atoms with Gasteiger partial charge in [0.1, 0.15) is 6.61 Å². The van der Waals surface area contributed by atoms with Crippen LogP contribution in [0.1, 0.15) is 19.3 Å². The van der Waals surface area contributed by atoms with Crippen LogP contribution in [0.15, 0.2) is 0 Å². The Morgan fingerprint density at radius 3 is 2.61 bits per heavy atom. The van der Waals surface area contributed by atoms with Crippen LogP contribution in [0.25, 0.3) is 11.2 Å². The number of anilines is 1. The van der Waals surface area contributed by atoms with Crippen LogP contribution in [0.5, 0.6) is 12.0 Å². The number of rotatable bonds is 8. The Morgan fingerprint density at radius 1 is 1.21 bits per heavy atom. The monoisotopic (exact) mass is 394 g/mol. The number of hydrogen-bond donors (Lipinski definition) is 2. The van der Waals surface area contributed by atoms with Crippen LogP contribution in [0.4, 0.5) is 10.6 Å². The summed E-state index contributed by atoms with van der Waals surface area (Å²) in [6, 6.07) is 0.577. The Labute approximate surface area is 162 Å². The van der Waals surface area contributed by atoms with E-state index in [1.54, 1.807) is 14.2 Å². The van der Waals surface area contributed by atoms with Crippen LogP contribution in [-0.2, 0) is 11.3 Å². The van der Waals surface area contributed by atoms with Crippen molar-refractivity contribution >= 4 is 23.1 Å². The molecule has 0 bridgehead atoms. The first kappa shape index (κ1) is 19.9. The molecular formula is C17H26N6O5. The summed E-state index contributed by atoms with van der Waals surface area (Å²) in [5, 5.41) is 9.07. The summed E-state index contributed by atoms with van der Waals surface area (Å²) < 4.78 is 17.7. The largest absolute Gasteiger partial charge is 0.468 e. The first-order valence-corrected chi connectivity index (χ1v) is 9.20. The smallest absolute Gasteiger partial charge is 0.407 e. The molecule has 0 unspecified atom stereocenters. The fourth-order valence-corrected chi connectivity index (χ4v) is 3.34. The second-order valence-corrected chi connectivity index (χ2v) is 6.66. The maximum Gasteiger partial charge on any atom is 0.407 e. The van der Waals surface area contributed by atoms with E-state index in [9.17, 15) is 4.79 Å². The van der Waals surface area contributed by atoms with Crippen LogP contribution in [-0.4, -0.2) is 76.1 Å². The molecule has 0 radical (unpaired) electrons. The molecule has 11 nitrogen and oxygen atoms in total. The molecule has 0 aliphatic carbocycles. The first-order chi connectivity index (χ1) is 13.5. The zero-order valence-corrected chi connectivity index (χ0v) is 16.1. The van der Waals surface area contributed by atoms with Gasteiger partial charge in [-0.25, -0.2) is 4.79 Å². The minimum absolute atomic E-state index is 0.167. The van der Waals surface area contributed by atoms with Crippen LogP contribution in [0.2, 0.25) is 0 Å². The fraction of sp³-hybridized carbons (Fsp3) is 0.647. The number of nitrogens with zero attached hydrogens (tertiary/aromatic N) is 5. The van der Waals surface area contributed by atoms with Gasteiger partial charge < -0.3 is 30.0 Å². The SMILES string of the molecule is COCCOc1nc(N)c2nc(OC)n(CCC3CCN(C(=O)O)CC3)c2n1. The molecule has 154 valence electrons. The standard InChI is InChI=1S/C17H26N6O5/c1-26-9-10-28-15-20-13(18)12-14(21-15)23(16(19-12)27-2)8-5-11-3-6-22(7-4-11)17(24)25/h11H,3-10H2,1-2H3,(H,24,25)(H2,18,20,21). The van der Waals surface area contributed by atoms with E-state index in [0.717, 1.165) is 19.3 Å². The Hall–Kier alpha value is -2.82. The molecule has 3 heterocycles. The highest BCUT2D eigenvalue weighted by Gasteiger charge is 2.24. The van der Waals surface area contributed by atoms with Gasteiger partial charge in [-0.15, -0.1) is 0 Å². The summed E-state index contributed by atoms with van der Waals surface area (Å²) in [4.78, 5) is 25.5. The molecule has 0 saturated carbocycles. The second kappa shape index (κ2) is 8.91. The molecule has 1 amide bonds. The van der Waals surface area contributed by atoms with Gasteiger partial charge in [0.15, 0.2) is 17.0 Å². The number of carbonyl (C=O) groups is 1. The van der Waals surface area contributed by atoms with Crippen molar-refractivity contribution in [2.24, 2.45) is 5.92 Å². The van der Waals surface area contributed by atoms with Gasteiger partial charge in [-0.1, -0.05) is 0 Å². The predicted molar refractivity (Wildman–Crippen MR) is 101 cm³/mol. The number of imidazole rings is 1. The molecule has 0 spiro atoms. The van der Waals surface area contributed by atoms with Crippen LogP contribution in [0.3, 0.4) is 0 Å². The number of nitrogen functional groups attached to an aromatic ring is 1. The Kier molecular flexibility index (Phi) is 6.34. The molecule has 0 aromatic carbocycles. The Morgan fingerprint density at radius 2 is 1.96 bits per heavy atom. The van der Waals surface area contributed by atoms with Crippen molar-refractivity contribution in [2.75, 3.05) is 46.3 Å². The Balaban J connectivity index is 1.74. The van der Waals surface area contributed by atoms with E-state index in [4.69, 9.17) is 25.1 Å². The molecule has 2 aromatic rings. The zero-order chi connectivity index (χ0) is 20.1. The molecule has 1 aliphatic heterocycles. The average molecular weight is 394 g/mol. The number of piperidine rings is 1. The minimum Gasteiger partial charge on any atom is -0.468 e. The third-order valence-corrected chi connectivity index (χ3v) is 4.91. The molecule has 3 N–H and O–H groups in total. The highest BCUT2D eigenvalue weighted by atomic mass is 16.5. The number of methoxy groups -OCH3 is 2. The number of fused-ring (bicyclic) bond motifs is 1. The lowest BCUT2D eigenvalue weighted by molar-refractivity contribution is 0.122. The molecule has 1 aliphatic rings. The third-order valence-electron chi connectivity index (χ3n) is 4.91. The van der Waals surface area contributed by atoms with E-state index in [1.807, 2.05) is 4.57 Å². The number of hydrogen-bond acceptors (Lipinski definition) is 8. The van der Waals surface area contributed by atoms with Gasteiger partial charge in [-0.05, 0) is 25.2 Å². The van der Waals surface area contributed by atoms with Crippen molar-refractivity contribution in [3.63, 3.8) is 0 Å². The molecule has 1 saturated heterocycles. The Bertz CT molecular complexity index is 818. The van der Waals surface area contributed by atoms with Crippen molar-refractivity contribution < 1.29 is 24.1 Å². The zero-order valence-electron chi connectivity index (χ0n) is 16.1. The summed E-state index contributed by atoms with van der Waals surface area (Å²) in [5.74, 6) is 0.651. The van der Waals surface area contributed by atoms with E-state index in [-0.39, 0.29) is 11.8 Å². The average Bonchev–Trinajstić information content (AvgIpc) is 3.05. The van der Waals surface area contributed by atoms with Crippen molar-refractivity contribution in [1.82, 2.24) is 24.4 Å². The number of nitrogens with two attached hydrogens (primary N) is 1. The summed E-state index contributed by atoms with van der Waals surface area (Å²) >= 11 is 0. The number of carboxylic acid groups (broad SMARTS) is 1. The molecule has 11 heteroatoms. The third kappa shape index (κ3) is 4.35. The number of aryl methyl sites for hydroxylation is 1. The van der Waals surface area contributed by atoms with E-state index >= 15 is 0 Å². The maximum atomic E-state index is 11.0. The quantitative estimate of drug-likeness (QED) is 0.633. The van der Waals surface area contributed by atoms with Gasteiger partial charge in [0, 0.05) is 26.7 Å². The lowest BCUT2D eigenvalue weighted by Crippen LogP contribution is -2.37. The summed E-state index contributed by atoms with van der Waals surface area (Å²) in [7, 11) is 3.13. The van der Waals surface area contributed by atoms with E-state index in [0.29, 0.717) is 55.9 Å². The molecule has 0 atom stereocenters. The van der Waals surface area contributed by atoms with Crippen LogP contribution in [0, 0.1) is 5.92 Å². The van der Waals surface area contributed by atoms with Gasteiger partial charge in [-0.3, -0.25) is 4.57 Å². The second-order valence-electron chi connectivity index (χ2n) is 6.66. The van der Waals surface area contributed by atoms with Gasteiger partial charge in [0.2, 0.25) is 0 Å². The molecule has 3 rings (SSSR count). The summed E-state index contributed by atoms with van der Waals surface area (Å²) in [5.41, 5.74) is 7.05. The van der Waals surface area contributed by atoms with Crippen LogP contribution >= 0.6 is 0 Å². The highest BCUT2D eigenvalue weighted by molar-refractivity contribution is 5.83. The van der Waals surface area contributed by atoms with Gasteiger partial charge in [0.05, 0.1) is 13.7 Å². The molecule has 28 heavy (non-hydrogen) atoms. The molecule has 2 aromatic heterocycles. The lowest BCUT2D eigenvalue weighted by atomic mass is 9.94. The van der Waals surface area contributed by atoms with Gasteiger partial charge in [-0.2, -0.15) is 15.0 Å². The van der Waals surface area contributed by atoms with E-state index < -0.39 is 6.09 Å². The lowest BCUT2D eigenvalue weighted by Gasteiger charge is -2.30. The molecular weight excluding hydrogens is 368 g/mol. The van der Waals surface area contributed by atoms with Crippen molar-refractivity contribution in [3.8, 4) is 12.0 Å². The van der Waals surface area contributed by atoms with Crippen molar-refractivity contribution in [1.29, 1.82) is 0 Å². The maximum absolute atomic E-state index is 11.0. The fourth-order valence-electron chi connectivity index (χ4n) is 3.34. The number of ether oxygens (including phenoxy) is 3. The van der Waals surface area contributed by atoms with Crippen molar-refractivity contribution in [2.45, 2.75) is 25.8 Å². The topological polar surface area (TPSA) is 138 Å². The number of aromatic nitrogens is 4. The van der Waals surface area contributed by atoms with Gasteiger partial charge in [0.25, 0.3) is 6.01 Å².